The lowest BCUT2D eigenvalue weighted by Crippen LogP contribution is -2.50. The molecule has 1 saturated heterocycles. The van der Waals surface area contributed by atoms with E-state index in [0.29, 0.717) is 33.4 Å². The molecule has 4 nitrogen and oxygen atoms in total. The van der Waals surface area contributed by atoms with Crippen LogP contribution in [0.25, 0.3) is 11.0 Å². The second-order valence-corrected chi connectivity index (χ2v) is 8.73. The zero-order valence-electron chi connectivity index (χ0n) is 11.8. The highest BCUT2D eigenvalue weighted by Gasteiger charge is 2.33. The number of anilines is 1. The summed E-state index contributed by atoms with van der Waals surface area (Å²) >= 11 is 12.0. The molecule has 0 spiro atoms. The van der Waals surface area contributed by atoms with Crippen LogP contribution in [0.3, 0.4) is 0 Å². The molecule has 1 aliphatic rings. The minimum absolute atomic E-state index is 0.244. The Morgan fingerprint density at radius 3 is 2.57 bits per heavy atom. The third-order valence-corrected chi connectivity index (χ3v) is 6.27. The predicted octanol–water partition coefficient (Wildman–Crippen LogP) is 3.28. The molecule has 0 unspecified atom stereocenters. The number of hydrogen-bond acceptors (Lipinski definition) is 4. The van der Waals surface area contributed by atoms with Crippen molar-refractivity contribution in [1.29, 1.82) is 0 Å². The standard InChI is InChI=1S/C14H15Cl2N3OS/c1-14(2)8-19(3-4-21(14)20)13-7-17-11-5-9(15)10(16)6-12(11)18-13/h5-7H,3-4,8H2,1-2H3/t21-/m1/s1. The molecule has 7 heteroatoms. The monoisotopic (exact) mass is 343 g/mol. The van der Waals surface area contributed by atoms with E-state index in [1.54, 1.807) is 18.3 Å². The minimum atomic E-state index is -0.807. The second kappa shape index (κ2) is 5.38. The Kier molecular flexibility index (Phi) is 3.84. The molecule has 0 N–H and O–H groups in total. The molecule has 0 radical (unpaired) electrons. The average Bonchev–Trinajstić information content (AvgIpc) is 2.42. The predicted molar refractivity (Wildman–Crippen MR) is 88.9 cm³/mol. The summed E-state index contributed by atoms with van der Waals surface area (Å²) in [7, 11) is -0.807. The lowest BCUT2D eigenvalue weighted by Gasteiger charge is -2.37. The lowest BCUT2D eigenvalue weighted by atomic mass is 10.2. The zero-order chi connectivity index (χ0) is 15.2. The number of fused-ring (bicyclic) bond motifs is 1. The molecule has 0 aliphatic carbocycles. The lowest BCUT2D eigenvalue weighted by molar-refractivity contribution is 0.586. The Labute approximate surface area is 135 Å². The summed E-state index contributed by atoms with van der Waals surface area (Å²) in [6.45, 7) is 5.44. The van der Waals surface area contributed by atoms with Gasteiger partial charge in [-0.1, -0.05) is 23.2 Å². The molecular formula is C14H15Cl2N3OS. The van der Waals surface area contributed by atoms with Gasteiger partial charge in [0.25, 0.3) is 0 Å². The SMILES string of the molecule is CC1(C)CN(c2cnc3cc(Cl)c(Cl)cc3n2)CC[S@]1=O. The van der Waals surface area contributed by atoms with Crippen molar-refractivity contribution in [3.63, 3.8) is 0 Å². The summed E-state index contributed by atoms with van der Waals surface area (Å²) in [6.07, 6.45) is 1.73. The number of benzene rings is 1. The molecule has 2 heterocycles. The Bertz CT molecular complexity index is 735. The number of aromatic nitrogens is 2. The zero-order valence-corrected chi connectivity index (χ0v) is 14.1. The van der Waals surface area contributed by atoms with Gasteiger partial charge in [-0.05, 0) is 26.0 Å². The summed E-state index contributed by atoms with van der Waals surface area (Å²) in [6, 6.07) is 3.44. The number of rotatable bonds is 1. The van der Waals surface area contributed by atoms with E-state index in [4.69, 9.17) is 23.2 Å². The molecule has 1 aromatic heterocycles. The summed E-state index contributed by atoms with van der Waals surface area (Å²) < 4.78 is 11.8. The molecular weight excluding hydrogens is 329 g/mol. The topological polar surface area (TPSA) is 46.1 Å². The Balaban J connectivity index is 1.98. The van der Waals surface area contributed by atoms with Crippen molar-refractivity contribution in [2.45, 2.75) is 18.6 Å². The van der Waals surface area contributed by atoms with Gasteiger partial charge in [0, 0.05) is 29.6 Å². The minimum Gasteiger partial charge on any atom is -0.353 e. The molecule has 2 aromatic rings. The van der Waals surface area contributed by atoms with Crippen LogP contribution in [0, 0.1) is 0 Å². The first kappa shape index (κ1) is 15.0. The first-order valence-corrected chi connectivity index (χ1v) is 8.69. The smallest absolute Gasteiger partial charge is 0.147 e. The normalized spacial score (nSPS) is 21.7. The largest absolute Gasteiger partial charge is 0.353 e. The van der Waals surface area contributed by atoms with Gasteiger partial charge in [0.1, 0.15) is 5.82 Å². The van der Waals surface area contributed by atoms with E-state index in [2.05, 4.69) is 14.9 Å². The van der Waals surface area contributed by atoms with Gasteiger partial charge in [0.2, 0.25) is 0 Å². The van der Waals surface area contributed by atoms with E-state index in [0.717, 1.165) is 12.4 Å². The van der Waals surface area contributed by atoms with E-state index < -0.39 is 10.8 Å². The fourth-order valence-electron chi connectivity index (χ4n) is 2.43. The Hall–Kier alpha value is -0.910. The molecule has 1 fully saturated rings. The summed E-state index contributed by atoms with van der Waals surface area (Å²) in [4.78, 5) is 11.1. The first-order valence-electron chi connectivity index (χ1n) is 6.62. The van der Waals surface area contributed by atoms with Gasteiger partial charge in [0.05, 0.1) is 32.0 Å². The van der Waals surface area contributed by atoms with Crippen molar-refractivity contribution >= 4 is 50.9 Å². The van der Waals surface area contributed by atoms with Crippen LogP contribution in [0.2, 0.25) is 10.0 Å². The van der Waals surface area contributed by atoms with Crippen molar-refractivity contribution in [2.24, 2.45) is 0 Å². The number of hydrogen-bond donors (Lipinski definition) is 0. The van der Waals surface area contributed by atoms with Crippen molar-refractivity contribution in [1.82, 2.24) is 9.97 Å². The van der Waals surface area contributed by atoms with Crippen LogP contribution >= 0.6 is 23.2 Å². The average molecular weight is 344 g/mol. The highest BCUT2D eigenvalue weighted by molar-refractivity contribution is 7.86. The van der Waals surface area contributed by atoms with Gasteiger partial charge in [-0.3, -0.25) is 9.19 Å². The van der Waals surface area contributed by atoms with Crippen LogP contribution in [0.4, 0.5) is 5.82 Å². The maximum Gasteiger partial charge on any atom is 0.147 e. The van der Waals surface area contributed by atoms with Crippen molar-refractivity contribution in [3.05, 3.63) is 28.4 Å². The van der Waals surface area contributed by atoms with Crippen LogP contribution in [-0.2, 0) is 10.8 Å². The third kappa shape index (κ3) is 2.87. The maximum absolute atomic E-state index is 12.0. The first-order chi connectivity index (χ1) is 9.87. The van der Waals surface area contributed by atoms with Crippen LogP contribution < -0.4 is 4.90 Å². The molecule has 3 rings (SSSR count). The molecule has 1 aromatic carbocycles. The highest BCUT2D eigenvalue weighted by Crippen LogP contribution is 2.28. The Morgan fingerprint density at radius 1 is 1.24 bits per heavy atom. The van der Waals surface area contributed by atoms with Gasteiger partial charge in [-0.2, -0.15) is 0 Å². The number of halogens is 2. The quantitative estimate of drug-likeness (QED) is 0.797. The molecule has 1 aliphatic heterocycles. The van der Waals surface area contributed by atoms with Crippen LogP contribution in [0.15, 0.2) is 18.3 Å². The van der Waals surface area contributed by atoms with Crippen molar-refractivity contribution < 1.29 is 4.21 Å². The fraction of sp³-hybridized carbons (Fsp3) is 0.429. The molecule has 21 heavy (non-hydrogen) atoms. The van der Waals surface area contributed by atoms with Gasteiger partial charge in [-0.15, -0.1) is 0 Å². The summed E-state index contributed by atoms with van der Waals surface area (Å²) in [5.41, 5.74) is 1.43. The van der Waals surface area contributed by atoms with E-state index in [-0.39, 0.29) is 4.75 Å². The molecule has 112 valence electrons. The van der Waals surface area contributed by atoms with Crippen molar-refractivity contribution in [3.8, 4) is 0 Å². The molecule has 0 amide bonds. The fourth-order valence-corrected chi connectivity index (χ4v) is 3.98. The third-order valence-electron chi connectivity index (χ3n) is 3.63. The molecule has 0 saturated carbocycles. The second-order valence-electron chi connectivity index (χ2n) is 5.71. The van der Waals surface area contributed by atoms with Gasteiger partial charge in [-0.25, -0.2) is 4.98 Å². The summed E-state index contributed by atoms with van der Waals surface area (Å²) in [5.74, 6) is 1.43. The van der Waals surface area contributed by atoms with E-state index in [9.17, 15) is 4.21 Å². The van der Waals surface area contributed by atoms with E-state index >= 15 is 0 Å². The molecule has 1 atom stereocenters. The van der Waals surface area contributed by atoms with E-state index in [1.807, 2.05) is 13.8 Å². The van der Waals surface area contributed by atoms with Crippen LogP contribution in [0.5, 0.6) is 0 Å². The number of nitrogens with zero attached hydrogens (tertiary/aromatic N) is 3. The van der Waals surface area contributed by atoms with Crippen LogP contribution in [-0.4, -0.2) is 37.8 Å². The van der Waals surface area contributed by atoms with Gasteiger partial charge >= 0.3 is 0 Å². The van der Waals surface area contributed by atoms with E-state index in [1.165, 1.54) is 0 Å². The van der Waals surface area contributed by atoms with Gasteiger partial charge < -0.3 is 4.90 Å². The summed E-state index contributed by atoms with van der Waals surface area (Å²) in [5, 5.41) is 0.941. The van der Waals surface area contributed by atoms with Crippen LogP contribution in [0.1, 0.15) is 13.8 Å². The maximum atomic E-state index is 12.0. The highest BCUT2D eigenvalue weighted by atomic mass is 35.5. The molecule has 0 bridgehead atoms. The van der Waals surface area contributed by atoms with Gasteiger partial charge in [0.15, 0.2) is 0 Å². The Morgan fingerprint density at radius 2 is 1.90 bits per heavy atom. The van der Waals surface area contributed by atoms with Crippen molar-refractivity contribution in [2.75, 3.05) is 23.7 Å².